The van der Waals surface area contributed by atoms with Gasteiger partial charge in [0.25, 0.3) is 0 Å². The minimum absolute atomic E-state index is 0.633. The van der Waals surface area contributed by atoms with Crippen molar-refractivity contribution in [2.75, 3.05) is 6.61 Å². The molecule has 11 heavy (non-hydrogen) atoms. The lowest BCUT2D eigenvalue weighted by atomic mass is 10.4. The third kappa shape index (κ3) is 6.08. The first-order chi connectivity index (χ1) is 5.35. The number of hydrogen-bond acceptors (Lipinski definition) is 2. The summed E-state index contributed by atoms with van der Waals surface area (Å²) in [7, 11) is -0.844. The minimum atomic E-state index is -0.844. The molecule has 0 fully saturated rings. The van der Waals surface area contributed by atoms with E-state index < -0.39 is 9.04 Å². The predicted molar refractivity (Wildman–Crippen MR) is 48.9 cm³/mol. The van der Waals surface area contributed by atoms with Crippen LogP contribution in [0.25, 0.3) is 0 Å². The van der Waals surface area contributed by atoms with E-state index in [0.29, 0.717) is 6.42 Å². The van der Waals surface area contributed by atoms with Gasteiger partial charge in [-0.1, -0.05) is 13.8 Å². The van der Waals surface area contributed by atoms with Crippen molar-refractivity contribution in [2.24, 2.45) is 0 Å². The molecule has 0 aliphatic rings. The molecule has 0 aliphatic carbocycles. The van der Waals surface area contributed by atoms with E-state index in [1.54, 1.807) is 0 Å². The molecule has 0 aromatic rings. The Balaban J connectivity index is 3.16. The van der Waals surface area contributed by atoms with Crippen molar-refractivity contribution in [3.05, 3.63) is 0 Å². The SMILES string of the molecule is CC[SiH](CC)OCCCC#N. The Bertz CT molecular complexity index is 118. The Morgan fingerprint density at radius 1 is 1.36 bits per heavy atom. The quantitative estimate of drug-likeness (QED) is 0.453. The van der Waals surface area contributed by atoms with Gasteiger partial charge >= 0.3 is 0 Å². The van der Waals surface area contributed by atoms with Crippen LogP contribution in [0.5, 0.6) is 0 Å². The van der Waals surface area contributed by atoms with Crippen molar-refractivity contribution in [1.82, 2.24) is 0 Å². The van der Waals surface area contributed by atoms with E-state index in [-0.39, 0.29) is 0 Å². The lowest BCUT2D eigenvalue weighted by Gasteiger charge is -2.10. The molecule has 0 amide bonds. The maximum atomic E-state index is 8.25. The van der Waals surface area contributed by atoms with E-state index in [1.165, 1.54) is 12.1 Å². The second-order valence-corrected chi connectivity index (χ2v) is 5.78. The summed E-state index contributed by atoms with van der Waals surface area (Å²) in [5.41, 5.74) is 0. The highest BCUT2D eigenvalue weighted by Gasteiger charge is 2.04. The van der Waals surface area contributed by atoms with Crippen LogP contribution < -0.4 is 0 Å². The van der Waals surface area contributed by atoms with E-state index in [4.69, 9.17) is 9.69 Å². The molecule has 64 valence electrons. The minimum Gasteiger partial charge on any atom is -0.420 e. The van der Waals surface area contributed by atoms with Crippen LogP contribution in [0, 0.1) is 11.3 Å². The summed E-state index contributed by atoms with van der Waals surface area (Å²) in [5.74, 6) is 0. The normalized spacial score (nSPS) is 10.0. The van der Waals surface area contributed by atoms with E-state index >= 15 is 0 Å². The van der Waals surface area contributed by atoms with Crippen LogP contribution in [0.2, 0.25) is 12.1 Å². The first-order valence-electron chi connectivity index (χ1n) is 4.33. The summed E-state index contributed by atoms with van der Waals surface area (Å²) < 4.78 is 5.63. The summed E-state index contributed by atoms with van der Waals surface area (Å²) in [4.78, 5) is 0. The first kappa shape index (κ1) is 10.7. The third-order valence-electron chi connectivity index (χ3n) is 1.70. The fraction of sp³-hybridized carbons (Fsp3) is 0.875. The van der Waals surface area contributed by atoms with Gasteiger partial charge in [0.1, 0.15) is 0 Å². The molecule has 0 aromatic heterocycles. The Morgan fingerprint density at radius 3 is 2.45 bits per heavy atom. The Labute approximate surface area is 70.9 Å². The number of unbranched alkanes of at least 4 members (excludes halogenated alkanes) is 1. The van der Waals surface area contributed by atoms with Gasteiger partial charge < -0.3 is 4.43 Å². The molecule has 0 unspecified atom stereocenters. The number of nitrogens with zero attached hydrogens (tertiary/aromatic N) is 1. The first-order valence-corrected chi connectivity index (χ1v) is 6.44. The average molecular weight is 171 g/mol. The fourth-order valence-electron chi connectivity index (χ4n) is 0.926. The second kappa shape index (κ2) is 7.77. The maximum Gasteiger partial charge on any atom is 0.176 e. The monoisotopic (exact) mass is 171 g/mol. The molecule has 0 bridgehead atoms. The van der Waals surface area contributed by atoms with E-state index in [1.807, 2.05) is 0 Å². The predicted octanol–water partition coefficient (Wildman–Crippen LogP) is 2.07. The Morgan fingerprint density at radius 2 is 2.00 bits per heavy atom. The van der Waals surface area contributed by atoms with Gasteiger partial charge in [-0.3, -0.25) is 0 Å². The van der Waals surface area contributed by atoms with Crippen molar-refractivity contribution in [1.29, 1.82) is 5.26 Å². The lowest BCUT2D eigenvalue weighted by molar-refractivity contribution is 0.314. The van der Waals surface area contributed by atoms with E-state index in [0.717, 1.165) is 13.0 Å². The van der Waals surface area contributed by atoms with Gasteiger partial charge in [0.05, 0.1) is 6.07 Å². The highest BCUT2D eigenvalue weighted by Crippen LogP contribution is 2.01. The maximum absolute atomic E-state index is 8.25. The van der Waals surface area contributed by atoms with Gasteiger partial charge in [-0.25, -0.2) is 0 Å². The summed E-state index contributed by atoms with van der Waals surface area (Å²) in [5, 5.41) is 8.25. The van der Waals surface area contributed by atoms with Crippen LogP contribution in [0.3, 0.4) is 0 Å². The zero-order chi connectivity index (χ0) is 8.53. The van der Waals surface area contributed by atoms with Gasteiger partial charge in [-0.05, 0) is 18.5 Å². The molecule has 0 rings (SSSR count). The lowest BCUT2D eigenvalue weighted by Crippen LogP contribution is -2.15. The molecule has 0 heterocycles. The van der Waals surface area contributed by atoms with E-state index in [2.05, 4.69) is 19.9 Å². The van der Waals surface area contributed by atoms with Crippen LogP contribution in [0.15, 0.2) is 0 Å². The summed E-state index contributed by atoms with van der Waals surface area (Å²) >= 11 is 0. The Hall–Kier alpha value is -0.333. The van der Waals surface area contributed by atoms with Gasteiger partial charge in [0, 0.05) is 13.0 Å². The Kier molecular flexibility index (Phi) is 7.54. The third-order valence-corrected chi connectivity index (χ3v) is 4.23. The molecule has 0 atom stereocenters. The van der Waals surface area contributed by atoms with Crippen LogP contribution in [-0.2, 0) is 4.43 Å². The summed E-state index contributed by atoms with van der Waals surface area (Å²) in [6.07, 6.45) is 1.54. The molecule has 0 aliphatic heterocycles. The molecule has 0 aromatic carbocycles. The van der Waals surface area contributed by atoms with Crippen LogP contribution in [0.1, 0.15) is 26.7 Å². The van der Waals surface area contributed by atoms with Crippen LogP contribution in [-0.4, -0.2) is 15.6 Å². The second-order valence-electron chi connectivity index (χ2n) is 2.57. The molecule has 0 spiro atoms. The summed E-state index contributed by atoms with van der Waals surface area (Å²) in [6, 6.07) is 4.54. The summed E-state index contributed by atoms with van der Waals surface area (Å²) in [6.45, 7) is 5.17. The van der Waals surface area contributed by atoms with Crippen molar-refractivity contribution in [3.8, 4) is 6.07 Å². The molecule has 0 saturated heterocycles. The number of hydrogen-bond donors (Lipinski definition) is 0. The van der Waals surface area contributed by atoms with Crippen LogP contribution in [0.4, 0.5) is 0 Å². The highest BCUT2D eigenvalue weighted by molar-refractivity contribution is 6.51. The van der Waals surface area contributed by atoms with E-state index in [9.17, 15) is 0 Å². The molecule has 2 nitrogen and oxygen atoms in total. The van der Waals surface area contributed by atoms with Crippen molar-refractivity contribution >= 4 is 9.04 Å². The zero-order valence-electron chi connectivity index (χ0n) is 7.47. The largest absolute Gasteiger partial charge is 0.420 e. The smallest absolute Gasteiger partial charge is 0.176 e. The zero-order valence-corrected chi connectivity index (χ0v) is 8.62. The molecule has 3 heteroatoms. The van der Waals surface area contributed by atoms with Gasteiger partial charge in [-0.15, -0.1) is 0 Å². The van der Waals surface area contributed by atoms with Gasteiger partial charge in [0.15, 0.2) is 9.04 Å². The van der Waals surface area contributed by atoms with Crippen molar-refractivity contribution in [3.63, 3.8) is 0 Å². The topological polar surface area (TPSA) is 33.0 Å². The van der Waals surface area contributed by atoms with Crippen molar-refractivity contribution in [2.45, 2.75) is 38.8 Å². The number of rotatable bonds is 6. The standard InChI is InChI=1S/C8H17NOSi/c1-3-11(4-2)10-8-6-5-7-9/h11H,3-6,8H2,1-2H3. The van der Waals surface area contributed by atoms with Gasteiger partial charge in [0.2, 0.25) is 0 Å². The molecular formula is C8H17NOSi. The van der Waals surface area contributed by atoms with Gasteiger partial charge in [-0.2, -0.15) is 5.26 Å². The molecule has 0 saturated carbocycles. The molecular weight excluding hydrogens is 154 g/mol. The fourth-order valence-corrected chi connectivity index (χ4v) is 2.47. The number of nitriles is 1. The highest BCUT2D eigenvalue weighted by atomic mass is 28.3. The van der Waals surface area contributed by atoms with Crippen LogP contribution >= 0.6 is 0 Å². The molecule has 0 radical (unpaired) electrons. The molecule has 0 N–H and O–H groups in total. The van der Waals surface area contributed by atoms with Crippen molar-refractivity contribution < 1.29 is 4.43 Å². The average Bonchev–Trinajstić information content (AvgIpc) is 2.05.